The van der Waals surface area contributed by atoms with E-state index in [0.29, 0.717) is 0 Å². The van der Waals surface area contributed by atoms with E-state index in [1.54, 1.807) is 0 Å². The second kappa shape index (κ2) is 4.29. The smallest absolute Gasteiger partial charge is 0.0369 e. The lowest BCUT2D eigenvalue weighted by molar-refractivity contribution is 0.529. The van der Waals surface area contributed by atoms with Gasteiger partial charge >= 0.3 is 0 Å². The van der Waals surface area contributed by atoms with Gasteiger partial charge in [0.1, 0.15) is 0 Å². The Bertz CT molecular complexity index is 428. The number of nitrogens with zero attached hydrogens (tertiary/aromatic N) is 1. The summed E-state index contributed by atoms with van der Waals surface area (Å²) in [6, 6.07) is 7.06. The molecule has 100 valence electrons. The fourth-order valence-electron chi connectivity index (χ4n) is 2.58. The highest BCUT2D eigenvalue weighted by Gasteiger charge is 2.26. The van der Waals surface area contributed by atoms with Crippen molar-refractivity contribution in [2.75, 3.05) is 18.0 Å². The molecule has 0 unspecified atom stereocenters. The van der Waals surface area contributed by atoms with Gasteiger partial charge in [0, 0.05) is 18.8 Å². The molecule has 0 bridgehead atoms. The fourth-order valence-corrected chi connectivity index (χ4v) is 2.58. The van der Waals surface area contributed by atoms with Crippen LogP contribution in [-0.2, 0) is 10.8 Å². The number of hydrogen-bond donors (Lipinski definition) is 0. The lowest BCUT2D eigenvalue weighted by Gasteiger charge is -2.36. The van der Waals surface area contributed by atoms with Crippen LogP contribution in [0.3, 0.4) is 0 Å². The Hall–Kier alpha value is -0.980. The first kappa shape index (κ1) is 13.5. The fraction of sp³-hybridized carbons (Fsp3) is 0.647. The van der Waals surface area contributed by atoms with Crippen LogP contribution in [0.5, 0.6) is 0 Å². The summed E-state index contributed by atoms with van der Waals surface area (Å²) in [6.45, 7) is 16.3. The lowest BCUT2D eigenvalue weighted by atomic mass is 9.75. The Morgan fingerprint density at radius 1 is 0.833 bits per heavy atom. The van der Waals surface area contributed by atoms with Gasteiger partial charge in [0.05, 0.1) is 0 Å². The molecule has 0 N–H and O–H groups in total. The van der Waals surface area contributed by atoms with E-state index in [9.17, 15) is 0 Å². The summed E-state index contributed by atoms with van der Waals surface area (Å²) in [6.07, 6.45) is 1.34. The van der Waals surface area contributed by atoms with E-state index in [4.69, 9.17) is 0 Å². The molecule has 1 aromatic rings. The molecular formula is C17H27N. The zero-order valence-corrected chi connectivity index (χ0v) is 12.8. The second-order valence-electron chi connectivity index (χ2n) is 7.57. The molecule has 0 radical (unpaired) electrons. The SMILES string of the molecule is CC(C)(C)c1ccc(N2CCC2)cc1C(C)(C)C. The first-order valence-corrected chi connectivity index (χ1v) is 7.09. The van der Waals surface area contributed by atoms with Crippen LogP contribution in [0.25, 0.3) is 0 Å². The highest BCUT2D eigenvalue weighted by molar-refractivity contribution is 5.55. The molecule has 2 rings (SSSR count). The van der Waals surface area contributed by atoms with Crippen LogP contribution in [0.15, 0.2) is 18.2 Å². The number of benzene rings is 1. The zero-order chi connectivity index (χ0) is 13.6. The van der Waals surface area contributed by atoms with E-state index >= 15 is 0 Å². The molecule has 1 fully saturated rings. The highest BCUT2D eigenvalue weighted by atomic mass is 15.2. The van der Waals surface area contributed by atoms with Crippen molar-refractivity contribution in [2.24, 2.45) is 0 Å². The standard InChI is InChI=1S/C17H27N/c1-16(2,3)14-9-8-13(18-10-7-11-18)12-15(14)17(4,5)6/h8-9,12H,7,10-11H2,1-6H3. The number of rotatable bonds is 1. The molecule has 18 heavy (non-hydrogen) atoms. The van der Waals surface area contributed by atoms with Gasteiger partial charge in [-0.25, -0.2) is 0 Å². The zero-order valence-electron chi connectivity index (χ0n) is 12.8. The minimum absolute atomic E-state index is 0.212. The summed E-state index contributed by atoms with van der Waals surface area (Å²) < 4.78 is 0. The predicted octanol–water partition coefficient (Wildman–Crippen LogP) is 4.49. The summed E-state index contributed by atoms with van der Waals surface area (Å²) in [7, 11) is 0. The number of anilines is 1. The molecule has 1 aromatic carbocycles. The monoisotopic (exact) mass is 245 g/mol. The third-order valence-corrected chi connectivity index (χ3v) is 3.84. The lowest BCUT2D eigenvalue weighted by Crippen LogP contribution is -2.37. The van der Waals surface area contributed by atoms with Crippen molar-refractivity contribution in [3.8, 4) is 0 Å². The van der Waals surface area contributed by atoms with Crippen LogP contribution in [0, 0.1) is 0 Å². The second-order valence-corrected chi connectivity index (χ2v) is 7.57. The van der Waals surface area contributed by atoms with Crippen molar-refractivity contribution in [3.05, 3.63) is 29.3 Å². The summed E-state index contributed by atoms with van der Waals surface area (Å²) >= 11 is 0. The van der Waals surface area contributed by atoms with E-state index < -0.39 is 0 Å². The predicted molar refractivity (Wildman–Crippen MR) is 80.7 cm³/mol. The van der Waals surface area contributed by atoms with Gasteiger partial charge in [0.25, 0.3) is 0 Å². The van der Waals surface area contributed by atoms with Crippen molar-refractivity contribution in [1.82, 2.24) is 0 Å². The van der Waals surface area contributed by atoms with Crippen molar-refractivity contribution >= 4 is 5.69 Å². The van der Waals surface area contributed by atoms with Crippen molar-refractivity contribution in [1.29, 1.82) is 0 Å². The Labute approximate surface area is 112 Å². The molecule has 0 spiro atoms. The van der Waals surface area contributed by atoms with E-state index in [1.165, 1.54) is 36.3 Å². The van der Waals surface area contributed by atoms with Crippen LogP contribution in [0.2, 0.25) is 0 Å². The van der Waals surface area contributed by atoms with Crippen LogP contribution >= 0.6 is 0 Å². The van der Waals surface area contributed by atoms with Gasteiger partial charge in [-0.2, -0.15) is 0 Å². The molecule has 0 aliphatic carbocycles. The van der Waals surface area contributed by atoms with Gasteiger partial charge in [0.2, 0.25) is 0 Å². The third kappa shape index (κ3) is 2.55. The molecule has 0 aromatic heterocycles. The van der Waals surface area contributed by atoms with Gasteiger partial charge in [-0.1, -0.05) is 47.6 Å². The number of hydrogen-bond acceptors (Lipinski definition) is 1. The van der Waals surface area contributed by atoms with Gasteiger partial charge in [-0.05, 0) is 40.5 Å². The van der Waals surface area contributed by atoms with Gasteiger partial charge in [0.15, 0.2) is 0 Å². The minimum atomic E-state index is 0.212. The molecule has 0 saturated carbocycles. The Morgan fingerprint density at radius 2 is 1.39 bits per heavy atom. The average Bonchev–Trinajstić information content (AvgIpc) is 2.11. The maximum atomic E-state index is 2.47. The van der Waals surface area contributed by atoms with Crippen molar-refractivity contribution in [2.45, 2.75) is 58.8 Å². The van der Waals surface area contributed by atoms with Gasteiger partial charge < -0.3 is 4.90 Å². The van der Waals surface area contributed by atoms with Crippen LogP contribution in [0.4, 0.5) is 5.69 Å². The van der Waals surface area contributed by atoms with Crippen molar-refractivity contribution in [3.63, 3.8) is 0 Å². The normalized spacial score (nSPS) is 16.7. The van der Waals surface area contributed by atoms with Crippen LogP contribution < -0.4 is 4.90 Å². The maximum absolute atomic E-state index is 2.47. The van der Waals surface area contributed by atoms with E-state index in [2.05, 4.69) is 64.6 Å². The topological polar surface area (TPSA) is 3.24 Å². The Balaban J connectivity index is 2.48. The molecular weight excluding hydrogens is 218 g/mol. The molecule has 0 amide bonds. The van der Waals surface area contributed by atoms with Gasteiger partial charge in [-0.3, -0.25) is 0 Å². The first-order chi connectivity index (χ1) is 8.19. The van der Waals surface area contributed by atoms with Crippen LogP contribution in [0.1, 0.15) is 59.1 Å². The molecule has 1 heteroatoms. The summed E-state index contributed by atoms with van der Waals surface area (Å²) in [5, 5.41) is 0. The Morgan fingerprint density at radius 3 is 1.78 bits per heavy atom. The van der Waals surface area contributed by atoms with E-state index in [0.717, 1.165) is 0 Å². The highest BCUT2D eigenvalue weighted by Crippen LogP contribution is 2.36. The summed E-state index contributed by atoms with van der Waals surface area (Å²) in [5.74, 6) is 0. The maximum Gasteiger partial charge on any atom is 0.0369 e. The third-order valence-electron chi connectivity index (χ3n) is 3.84. The summed E-state index contributed by atoms with van der Waals surface area (Å²) in [4.78, 5) is 2.47. The molecule has 0 atom stereocenters. The van der Waals surface area contributed by atoms with E-state index in [1.807, 2.05) is 0 Å². The largest absolute Gasteiger partial charge is 0.371 e. The first-order valence-electron chi connectivity index (χ1n) is 7.09. The van der Waals surface area contributed by atoms with Crippen LogP contribution in [-0.4, -0.2) is 13.1 Å². The molecule has 1 aliphatic heterocycles. The molecule has 1 saturated heterocycles. The van der Waals surface area contributed by atoms with E-state index in [-0.39, 0.29) is 10.8 Å². The molecule has 1 aliphatic rings. The van der Waals surface area contributed by atoms with Crippen molar-refractivity contribution < 1.29 is 0 Å². The minimum Gasteiger partial charge on any atom is -0.371 e. The van der Waals surface area contributed by atoms with Gasteiger partial charge in [-0.15, -0.1) is 0 Å². The average molecular weight is 245 g/mol. The Kier molecular flexibility index (Phi) is 3.21. The summed E-state index contributed by atoms with van der Waals surface area (Å²) in [5.41, 5.74) is 4.82. The quantitative estimate of drug-likeness (QED) is 0.704. The molecule has 1 heterocycles. The molecule has 1 nitrogen and oxygen atoms in total.